The van der Waals surface area contributed by atoms with Gasteiger partial charge in [-0.15, -0.1) is 0 Å². The number of benzene rings is 1. The van der Waals surface area contributed by atoms with E-state index in [0.717, 1.165) is 15.7 Å². The van der Waals surface area contributed by atoms with Gasteiger partial charge in [-0.25, -0.2) is 0 Å². The van der Waals surface area contributed by atoms with Crippen LogP contribution in [0.3, 0.4) is 0 Å². The fraction of sp³-hybridized carbons (Fsp3) is 0.222. The molecule has 0 bridgehead atoms. The van der Waals surface area contributed by atoms with Crippen LogP contribution in [-0.4, -0.2) is 17.6 Å². The van der Waals surface area contributed by atoms with Gasteiger partial charge in [-0.2, -0.15) is 0 Å². The Morgan fingerprint density at radius 2 is 2.36 bits per heavy atom. The summed E-state index contributed by atoms with van der Waals surface area (Å²) in [6, 6.07) is 5.85. The first-order valence-electron chi connectivity index (χ1n) is 4.10. The van der Waals surface area contributed by atoms with Crippen molar-refractivity contribution >= 4 is 27.5 Å². The number of hydrogen-bond acceptors (Lipinski definition) is 3. The summed E-state index contributed by atoms with van der Waals surface area (Å²) in [6.45, 7) is 2.33. The highest BCUT2D eigenvalue weighted by Crippen LogP contribution is 2.19. The molecule has 1 aromatic rings. The van der Waals surface area contributed by atoms with Crippen molar-refractivity contribution in [2.75, 3.05) is 11.9 Å². The van der Waals surface area contributed by atoms with Crippen LogP contribution in [0.1, 0.15) is 5.56 Å². The monoisotopic (exact) mass is 257 g/mol. The first-order chi connectivity index (χ1) is 6.63. The number of amidine groups is 1. The maximum Gasteiger partial charge on any atom is 0.158 e. The Morgan fingerprint density at radius 3 is 2.93 bits per heavy atom. The molecule has 0 amide bonds. The third-order valence-electron chi connectivity index (χ3n) is 1.76. The molecule has 0 saturated carbocycles. The number of nitrogens with two attached hydrogens (primary N) is 1. The zero-order valence-corrected chi connectivity index (χ0v) is 9.37. The fourth-order valence-electron chi connectivity index (χ4n) is 0.983. The van der Waals surface area contributed by atoms with E-state index < -0.39 is 0 Å². The van der Waals surface area contributed by atoms with Crippen molar-refractivity contribution in [3.05, 3.63) is 28.2 Å². The predicted octanol–water partition coefficient (Wildman–Crippen LogP) is 1.92. The molecule has 0 radical (unpaired) electrons. The van der Waals surface area contributed by atoms with Gasteiger partial charge < -0.3 is 16.3 Å². The molecule has 14 heavy (non-hydrogen) atoms. The van der Waals surface area contributed by atoms with Crippen molar-refractivity contribution < 1.29 is 5.21 Å². The summed E-state index contributed by atoms with van der Waals surface area (Å²) in [6.07, 6.45) is 0. The first kappa shape index (κ1) is 10.8. The fourth-order valence-corrected chi connectivity index (χ4v) is 1.23. The summed E-state index contributed by atoms with van der Waals surface area (Å²) in [5.41, 5.74) is 7.39. The highest BCUT2D eigenvalue weighted by molar-refractivity contribution is 9.10. The Balaban J connectivity index is 2.64. The number of oxime groups is 1. The van der Waals surface area contributed by atoms with Gasteiger partial charge in [0, 0.05) is 10.2 Å². The number of aryl methyl sites for hydroxylation is 1. The van der Waals surface area contributed by atoms with Crippen molar-refractivity contribution in [1.82, 2.24) is 0 Å². The van der Waals surface area contributed by atoms with Crippen LogP contribution in [0, 0.1) is 6.92 Å². The summed E-state index contributed by atoms with van der Waals surface area (Å²) in [5, 5.41) is 14.2. The maximum atomic E-state index is 8.33. The number of anilines is 1. The standard InChI is InChI=1S/C9H12BrN3O/c1-6-4-7(2-3-8(6)10)12-5-9(11)13-14/h2-4,12,14H,5H2,1H3,(H2,11,13). The average molecular weight is 258 g/mol. The van der Waals surface area contributed by atoms with Crippen LogP contribution in [-0.2, 0) is 0 Å². The summed E-state index contributed by atoms with van der Waals surface area (Å²) < 4.78 is 1.06. The normalized spacial score (nSPS) is 11.4. The SMILES string of the molecule is Cc1cc(NC/C(N)=N/O)ccc1Br. The molecule has 0 aliphatic carbocycles. The van der Waals surface area contributed by atoms with Crippen molar-refractivity contribution in [2.45, 2.75) is 6.92 Å². The minimum absolute atomic E-state index is 0.158. The maximum absolute atomic E-state index is 8.33. The van der Waals surface area contributed by atoms with Gasteiger partial charge in [-0.3, -0.25) is 0 Å². The number of nitrogens with zero attached hydrogens (tertiary/aromatic N) is 1. The minimum atomic E-state index is 0.158. The molecule has 0 fully saturated rings. The molecule has 0 aliphatic heterocycles. The van der Waals surface area contributed by atoms with E-state index in [1.54, 1.807) is 0 Å². The van der Waals surface area contributed by atoms with E-state index in [2.05, 4.69) is 26.4 Å². The second kappa shape index (κ2) is 4.85. The van der Waals surface area contributed by atoms with E-state index in [1.165, 1.54) is 0 Å². The van der Waals surface area contributed by atoms with E-state index in [0.29, 0.717) is 6.54 Å². The molecule has 1 aromatic carbocycles. The van der Waals surface area contributed by atoms with E-state index >= 15 is 0 Å². The van der Waals surface area contributed by atoms with E-state index in [9.17, 15) is 0 Å². The van der Waals surface area contributed by atoms with Gasteiger partial charge in [0.2, 0.25) is 0 Å². The molecule has 0 aliphatic rings. The second-order valence-electron chi connectivity index (χ2n) is 2.91. The summed E-state index contributed by atoms with van der Waals surface area (Å²) in [7, 11) is 0. The van der Waals surface area contributed by atoms with Gasteiger partial charge >= 0.3 is 0 Å². The second-order valence-corrected chi connectivity index (χ2v) is 3.76. The lowest BCUT2D eigenvalue weighted by Crippen LogP contribution is -2.22. The molecule has 0 spiro atoms. The molecule has 4 N–H and O–H groups in total. The number of hydrogen-bond donors (Lipinski definition) is 3. The highest BCUT2D eigenvalue weighted by atomic mass is 79.9. The Kier molecular flexibility index (Phi) is 3.76. The first-order valence-corrected chi connectivity index (χ1v) is 4.89. The van der Waals surface area contributed by atoms with Gasteiger partial charge in [0.05, 0.1) is 6.54 Å². The largest absolute Gasteiger partial charge is 0.409 e. The van der Waals surface area contributed by atoms with E-state index in [-0.39, 0.29) is 5.84 Å². The van der Waals surface area contributed by atoms with Crippen LogP contribution >= 0.6 is 15.9 Å². The predicted molar refractivity (Wildman–Crippen MR) is 60.8 cm³/mol. The van der Waals surface area contributed by atoms with Gasteiger partial charge in [0.1, 0.15) is 0 Å². The topological polar surface area (TPSA) is 70.6 Å². The van der Waals surface area contributed by atoms with Crippen LogP contribution in [0.5, 0.6) is 0 Å². The lowest BCUT2D eigenvalue weighted by atomic mass is 10.2. The van der Waals surface area contributed by atoms with E-state index in [4.69, 9.17) is 10.9 Å². The molecular formula is C9H12BrN3O. The summed E-state index contributed by atoms with van der Waals surface area (Å²) >= 11 is 3.41. The molecule has 0 unspecified atom stereocenters. The Morgan fingerprint density at radius 1 is 1.64 bits per heavy atom. The van der Waals surface area contributed by atoms with Crippen molar-refractivity contribution in [3.8, 4) is 0 Å². The molecule has 0 aromatic heterocycles. The third-order valence-corrected chi connectivity index (χ3v) is 2.65. The molecule has 5 heteroatoms. The zero-order chi connectivity index (χ0) is 10.6. The smallest absolute Gasteiger partial charge is 0.158 e. The number of halogens is 1. The molecule has 76 valence electrons. The molecular weight excluding hydrogens is 246 g/mol. The third kappa shape index (κ3) is 2.92. The van der Waals surface area contributed by atoms with E-state index in [1.807, 2.05) is 25.1 Å². The Labute approximate surface area is 90.9 Å². The van der Waals surface area contributed by atoms with Crippen LogP contribution in [0.4, 0.5) is 5.69 Å². The van der Waals surface area contributed by atoms with Gasteiger partial charge in [0.15, 0.2) is 5.84 Å². The van der Waals surface area contributed by atoms with Crippen LogP contribution in [0.2, 0.25) is 0 Å². The highest BCUT2D eigenvalue weighted by Gasteiger charge is 1.97. The quantitative estimate of drug-likeness (QED) is 0.335. The van der Waals surface area contributed by atoms with Crippen LogP contribution in [0.15, 0.2) is 27.8 Å². The van der Waals surface area contributed by atoms with Crippen molar-refractivity contribution in [1.29, 1.82) is 0 Å². The van der Waals surface area contributed by atoms with Gasteiger partial charge in [0.25, 0.3) is 0 Å². The minimum Gasteiger partial charge on any atom is -0.409 e. The lowest BCUT2D eigenvalue weighted by Gasteiger charge is -2.06. The molecule has 0 atom stereocenters. The van der Waals surface area contributed by atoms with Gasteiger partial charge in [-0.05, 0) is 30.7 Å². The number of nitrogens with one attached hydrogen (secondary N) is 1. The van der Waals surface area contributed by atoms with Crippen LogP contribution < -0.4 is 11.1 Å². The van der Waals surface area contributed by atoms with Gasteiger partial charge in [-0.1, -0.05) is 21.1 Å². The molecule has 0 saturated heterocycles. The van der Waals surface area contributed by atoms with Crippen molar-refractivity contribution in [3.63, 3.8) is 0 Å². The van der Waals surface area contributed by atoms with Crippen LogP contribution in [0.25, 0.3) is 0 Å². The Hall–Kier alpha value is -1.23. The number of rotatable bonds is 3. The lowest BCUT2D eigenvalue weighted by molar-refractivity contribution is 0.317. The molecule has 0 heterocycles. The zero-order valence-electron chi connectivity index (χ0n) is 7.79. The molecule has 4 nitrogen and oxygen atoms in total. The average Bonchev–Trinajstić information content (AvgIpc) is 2.19. The summed E-state index contributed by atoms with van der Waals surface area (Å²) in [4.78, 5) is 0. The Bertz CT molecular complexity index is 352. The molecule has 1 rings (SSSR count). The van der Waals surface area contributed by atoms with Crippen molar-refractivity contribution in [2.24, 2.45) is 10.9 Å². The summed E-state index contributed by atoms with van der Waals surface area (Å²) in [5.74, 6) is 0.158.